The van der Waals surface area contributed by atoms with Crippen molar-refractivity contribution in [2.75, 3.05) is 13.7 Å². The van der Waals surface area contributed by atoms with Crippen molar-refractivity contribution in [1.82, 2.24) is 20.9 Å². The van der Waals surface area contributed by atoms with Crippen LogP contribution in [0.4, 0.5) is 4.79 Å². The minimum Gasteiger partial charge on any atom is -0.497 e. The molecule has 5 amide bonds. The Morgan fingerprint density at radius 1 is 1.30 bits per heavy atom. The molecule has 1 aliphatic heterocycles. The van der Waals surface area contributed by atoms with Crippen LogP contribution in [0.2, 0.25) is 0 Å². The van der Waals surface area contributed by atoms with Gasteiger partial charge in [0, 0.05) is 18.2 Å². The van der Waals surface area contributed by atoms with E-state index in [1.165, 1.54) is 13.2 Å². The number of nitrogens with zero attached hydrogens (tertiary/aromatic N) is 1. The van der Waals surface area contributed by atoms with Gasteiger partial charge in [0.05, 0.1) is 13.7 Å². The molecule has 0 bridgehead atoms. The summed E-state index contributed by atoms with van der Waals surface area (Å²) in [6, 6.07) is 6.98. The smallest absolute Gasteiger partial charge is 0.322 e. The molecule has 2 heterocycles. The van der Waals surface area contributed by atoms with Gasteiger partial charge in [0.2, 0.25) is 6.41 Å². The van der Waals surface area contributed by atoms with E-state index in [0.29, 0.717) is 17.9 Å². The number of carbonyl (C=O) groups excluding carboxylic acids is 4. The van der Waals surface area contributed by atoms with Crippen LogP contribution in [-0.2, 0) is 11.3 Å². The fourth-order valence-corrected chi connectivity index (χ4v) is 3.39. The van der Waals surface area contributed by atoms with E-state index < -0.39 is 12.1 Å². The van der Waals surface area contributed by atoms with Crippen molar-refractivity contribution in [3.8, 4) is 17.6 Å². The van der Waals surface area contributed by atoms with E-state index in [-0.39, 0.29) is 42.3 Å². The Balaban J connectivity index is 1.47. The van der Waals surface area contributed by atoms with Gasteiger partial charge in [0.1, 0.15) is 11.8 Å². The third-order valence-corrected chi connectivity index (χ3v) is 5.21. The molecule has 1 saturated carbocycles. The number of imide groups is 1. The first-order chi connectivity index (χ1) is 16.0. The zero-order valence-electron chi connectivity index (χ0n) is 17.8. The predicted molar refractivity (Wildman–Crippen MR) is 115 cm³/mol. The van der Waals surface area contributed by atoms with E-state index in [4.69, 9.17) is 9.15 Å². The molecule has 10 nitrogen and oxygen atoms in total. The maximum absolute atomic E-state index is 12.8. The number of hydrogen-bond donors (Lipinski definition) is 3. The molecular weight excluding hydrogens is 428 g/mol. The van der Waals surface area contributed by atoms with Crippen molar-refractivity contribution in [3.05, 3.63) is 53.0 Å². The van der Waals surface area contributed by atoms with Crippen molar-refractivity contribution in [1.29, 1.82) is 0 Å². The Morgan fingerprint density at radius 2 is 2.12 bits per heavy atom. The van der Waals surface area contributed by atoms with Gasteiger partial charge < -0.3 is 24.7 Å². The van der Waals surface area contributed by atoms with Crippen LogP contribution in [-0.4, -0.2) is 54.9 Å². The summed E-state index contributed by atoms with van der Waals surface area (Å²) in [6.45, 7) is 0.421. The lowest BCUT2D eigenvalue weighted by molar-refractivity contribution is -0.108. The molecule has 33 heavy (non-hydrogen) atoms. The van der Waals surface area contributed by atoms with E-state index in [2.05, 4.69) is 22.5 Å². The van der Waals surface area contributed by atoms with Gasteiger partial charge >= 0.3 is 6.03 Å². The number of furan rings is 1. The molecular formula is C23H22N4O6. The first-order valence-corrected chi connectivity index (χ1v) is 10.4. The highest BCUT2D eigenvalue weighted by atomic mass is 16.5. The highest BCUT2D eigenvalue weighted by Crippen LogP contribution is 2.26. The van der Waals surface area contributed by atoms with E-state index in [0.717, 1.165) is 18.4 Å². The fraction of sp³-hybridized carbons (Fsp3) is 0.304. The van der Waals surface area contributed by atoms with Crippen molar-refractivity contribution in [3.63, 3.8) is 0 Å². The molecule has 0 radical (unpaired) electrons. The normalized spacial score (nSPS) is 15.1. The summed E-state index contributed by atoms with van der Waals surface area (Å²) in [7, 11) is 1.52. The molecule has 170 valence electrons. The number of ether oxygens (including phenoxy) is 1. The monoisotopic (exact) mass is 450 g/mol. The zero-order valence-corrected chi connectivity index (χ0v) is 17.8. The van der Waals surface area contributed by atoms with Crippen LogP contribution < -0.4 is 20.7 Å². The number of benzene rings is 1. The molecule has 1 aromatic carbocycles. The number of nitrogens with one attached hydrogen (secondary N) is 3. The first kappa shape index (κ1) is 22.0. The second-order valence-electron chi connectivity index (χ2n) is 7.68. The van der Waals surface area contributed by atoms with Crippen LogP contribution in [0.3, 0.4) is 0 Å². The number of fused-ring (bicyclic) bond motifs is 1. The molecule has 2 aromatic rings. The van der Waals surface area contributed by atoms with E-state index in [9.17, 15) is 19.2 Å². The quantitative estimate of drug-likeness (QED) is 0.427. The summed E-state index contributed by atoms with van der Waals surface area (Å²) in [5, 5.41) is 7.37. The summed E-state index contributed by atoms with van der Waals surface area (Å²) < 4.78 is 10.7. The van der Waals surface area contributed by atoms with E-state index in [1.807, 2.05) is 11.4 Å². The number of methoxy groups -OCH3 is 1. The Morgan fingerprint density at radius 3 is 2.85 bits per heavy atom. The topological polar surface area (TPSA) is 130 Å². The van der Waals surface area contributed by atoms with Gasteiger partial charge in [-0.25, -0.2) is 4.79 Å². The summed E-state index contributed by atoms with van der Waals surface area (Å²) in [5.41, 5.74) is 1.36. The average molecular weight is 450 g/mol. The highest BCUT2D eigenvalue weighted by molar-refractivity contribution is 5.99. The molecule has 1 aliphatic carbocycles. The first-order valence-electron chi connectivity index (χ1n) is 10.4. The Labute approximate surface area is 189 Å². The third-order valence-electron chi connectivity index (χ3n) is 5.21. The van der Waals surface area contributed by atoms with Gasteiger partial charge in [-0.3, -0.25) is 19.7 Å². The lowest BCUT2D eigenvalue weighted by Crippen LogP contribution is -2.46. The average Bonchev–Trinajstić information content (AvgIpc) is 3.39. The minimum atomic E-state index is -0.807. The molecule has 0 spiro atoms. The summed E-state index contributed by atoms with van der Waals surface area (Å²) in [6.07, 6.45) is 2.17. The molecule has 1 fully saturated rings. The van der Waals surface area contributed by atoms with E-state index >= 15 is 0 Å². The number of rotatable bonds is 7. The molecule has 3 N–H and O–H groups in total. The van der Waals surface area contributed by atoms with Gasteiger partial charge in [-0.2, -0.15) is 0 Å². The molecule has 4 rings (SSSR count). The molecule has 0 saturated heterocycles. The van der Waals surface area contributed by atoms with Crippen LogP contribution in [0.15, 0.2) is 34.7 Å². The van der Waals surface area contributed by atoms with Gasteiger partial charge in [0.15, 0.2) is 11.5 Å². The van der Waals surface area contributed by atoms with Gasteiger partial charge in [-0.15, -0.1) is 0 Å². The van der Waals surface area contributed by atoms with Crippen LogP contribution in [0.5, 0.6) is 5.75 Å². The summed E-state index contributed by atoms with van der Waals surface area (Å²) >= 11 is 0. The van der Waals surface area contributed by atoms with E-state index in [1.54, 1.807) is 23.1 Å². The SMILES string of the molecule is COc1ccc2c(c1)C(=O)N(C[C@@H](C#Cc1ccc(C(=O)NC3CC3)o1)NC(=O)NC=O)C2. The van der Waals surface area contributed by atoms with Gasteiger partial charge in [-0.05, 0) is 48.6 Å². The highest BCUT2D eigenvalue weighted by Gasteiger charge is 2.30. The lowest BCUT2D eigenvalue weighted by Gasteiger charge is -2.20. The molecule has 0 unspecified atom stereocenters. The Hall–Kier alpha value is -4.26. The number of carbonyl (C=O) groups is 4. The van der Waals surface area contributed by atoms with Crippen molar-refractivity contribution in [2.45, 2.75) is 31.5 Å². The second kappa shape index (κ2) is 9.48. The fourth-order valence-electron chi connectivity index (χ4n) is 3.39. The zero-order chi connectivity index (χ0) is 23.4. The molecule has 10 heteroatoms. The van der Waals surface area contributed by atoms with Gasteiger partial charge in [-0.1, -0.05) is 12.0 Å². The molecule has 2 aliphatic rings. The van der Waals surface area contributed by atoms with Crippen LogP contribution >= 0.6 is 0 Å². The second-order valence-corrected chi connectivity index (χ2v) is 7.68. The maximum Gasteiger partial charge on any atom is 0.322 e. The predicted octanol–water partition coefficient (Wildman–Crippen LogP) is 1.01. The number of amides is 5. The Bertz CT molecular complexity index is 1160. The number of urea groups is 1. The molecule has 1 aromatic heterocycles. The summed E-state index contributed by atoms with van der Waals surface area (Å²) in [4.78, 5) is 49.0. The molecule has 1 atom stereocenters. The van der Waals surface area contributed by atoms with Gasteiger partial charge in [0.25, 0.3) is 11.8 Å². The standard InChI is InChI=1S/C23H22N4O6/c1-32-18-6-2-14-11-27(22(30)19(14)10-18)12-16(26-23(31)24-13-28)5-7-17-8-9-20(33-17)21(29)25-15-3-4-15/h2,6,8-10,13,15-16H,3-4,11-12H2,1H3,(H,25,29)(H2,24,26,28,31)/t16-/m1/s1. The lowest BCUT2D eigenvalue weighted by atomic mass is 10.1. The number of hydrogen-bond acceptors (Lipinski definition) is 6. The Kier molecular flexibility index (Phi) is 6.31. The minimum absolute atomic E-state index is 0.0742. The van der Waals surface area contributed by atoms with Crippen molar-refractivity contribution in [2.24, 2.45) is 0 Å². The van der Waals surface area contributed by atoms with Crippen molar-refractivity contribution >= 4 is 24.3 Å². The van der Waals surface area contributed by atoms with Crippen LogP contribution in [0, 0.1) is 11.8 Å². The largest absolute Gasteiger partial charge is 0.497 e. The van der Waals surface area contributed by atoms with Crippen LogP contribution in [0.25, 0.3) is 0 Å². The maximum atomic E-state index is 12.8. The third kappa shape index (κ3) is 5.33. The van der Waals surface area contributed by atoms with Crippen LogP contribution in [0.1, 0.15) is 45.1 Å². The summed E-state index contributed by atoms with van der Waals surface area (Å²) in [5.74, 6) is 6.06. The van der Waals surface area contributed by atoms with Crippen molar-refractivity contribution < 1.29 is 28.3 Å².